The predicted molar refractivity (Wildman–Crippen MR) is 101 cm³/mol. The van der Waals surface area contributed by atoms with Gasteiger partial charge in [0.15, 0.2) is 5.79 Å². The van der Waals surface area contributed by atoms with Gasteiger partial charge in [0.25, 0.3) is 5.91 Å². The standard InChI is InChI=1S/C19H21NO5S2/c1-14-2-4-15(5-3-14)27(22,23)17-7-6-16(26-17)18(21)20-10-8-19(9-11-20)24-12-13-25-19/h2-7H,8-13H2,1H3. The number of carbonyl (C=O) groups is 1. The quantitative estimate of drug-likeness (QED) is 0.782. The first-order valence-corrected chi connectivity index (χ1v) is 11.2. The summed E-state index contributed by atoms with van der Waals surface area (Å²) in [5.74, 6) is -0.676. The summed E-state index contributed by atoms with van der Waals surface area (Å²) in [5, 5.41) is 0. The first-order chi connectivity index (χ1) is 12.9. The van der Waals surface area contributed by atoms with Crippen LogP contribution in [-0.2, 0) is 19.3 Å². The second-order valence-corrected chi connectivity index (χ2v) is 10.1. The zero-order chi connectivity index (χ0) is 19.1. The summed E-state index contributed by atoms with van der Waals surface area (Å²) in [6.45, 7) is 4.18. The fourth-order valence-electron chi connectivity index (χ4n) is 3.41. The Hall–Kier alpha value is -1.74. The normalized spacial score (nSPS) is 19.5. The summed E-state index contributed by atoms with van der Waals surface area (Å²) >= 11 is 1.02. The Balaban J connectivity index is 1.49. The van der Waals surface area contributed by atoms with E-state index in [1.807, 2.05) is 6.92 Å². The molecule has 3 heterocycles. The maximum absolute atomic E-state index is 12.8. The minimum absolute atomic E-state index is 0.141. The molecule has 0 atom stereocenters. The summed E-state index contributed by atoms with van der Waals surface area (Å²) in [7, 11) is -3.61. The van der Waals surface area contributed by atoms with Gasteiger partial charge < -0.3 is 14.4 Å². The molecule has 8 heteroatoms. The van der Waals surface area contributed by atoms with Crippen LogP contribution in [0.5, 0.6) is 0 Å². The van der Waals surface area contributed by atoms with E-state index in [1.54, 1.807) is 35.2 Å². The molecule has 2 aliphatic heterocycles. The van der Waals surface area contributed by atoms with E-state index in [-0.39, 0.29) is 15.0 Å². The van der Waals surface area contributed by atoms with E-state index in [0.717, 1.165) is 16.9 Å². The number of ether oxygens (including phenoxy) is 2. The molecular weight excluding hydrogens is 386 g/mol. The number of thiophene rings is 1. The zero-order valence-corrected chi connectivity index (χ0v) is 16.6. The number of rotatable bonds is 3. The molecule has 1 spiro atoms. The van der Waals surface area contributed by atoms with E-state index < -0.39 is 15.6 Å². The summed E-state index contributed by atoms with van der Waals surface area (Å²) < 4.78 is 37.1. The highest BCUT2D eigenvalue weighted by Gasteiger charge is 2.41. The van der Waals surface area contributed by atoms with E-state index in [2.05, 4.69) is 0 Å². The van der Waals surface area contributed by atoms with E-state index in [0.29, 0.717) is 44.0 Å². The fourth-order valence-corrected chi connectivity index (χ4v) is 6.08. The van der Waals surface area contributed by atoms with E-state index in [9.17, 15) is 13.2 Å². The molecule has 0 saturated carbocycles. The Morgan fingerprint density at radius 2 is 1.67 bits per heavy atom. The average Bonchev–Trinajstić information content (AvgIpc) is 3.33. The van der Waals surface area contributed by atoms with Gasteiger partial charge in [-0.3, -0.25) is 4.79 Å². The average molecular weight is 408 g/mol. The minimum Gasteiger partial charge on any atom is -0.347 e. The lowest BCUT2D eigenvalue weighted by Crippen LogP contribution is -2.47. The van der Waals surface area contributed by atoms with Gasteiger partial charge in [0.1, 0.15) is 4.21 Å². The molecule has 144 valence electrons. The van der Waals surface area contributed by atoms with Crippen molar-refractivity contribution >= 4 is 27.1 Å². The number of benzene rings is 1. The molecule has 0 aliphatic carbocycles. The molecule has 2 fully saturated rings. The fraction of sp³-hybridized carbons (Fsp3) is 0.421. The van der Waals surface area contributed by atoms with Gasteiger partial charge in [-0.1, -0.05) is 17.7 Å². The maximum atomic E-state index is 12.8. The lowest BCUT2D eigenvalue weighted by atomic mass is 10.0. The number of hydrogen-bond acceptors (Lipinski definition) is 6. The van der Waals surface area contributed by atoms with E-state index >= 15 is 0 Å². The van der Waals surface area contributed by atoms with Crippen LogP contribution in [0.3, 0.4) is 0 Å². The lowest BCUT2D eigenvalue weighted by Gasteiger charge is -2.37. The molecule has 0 unspecified atom stereocenters. The van der Waals surface area contributed by atoms with Gasteiger partial charge in [0.2, 0.25) is 9.84 Å². The SMILES string of the molecule is Cc1ccc(S(=O)(=O)c2ccc(C(=O)N3CCC4(CC3)OCCO4)s2)cc1. The molecule has 6 nitrogen and oxygen atoms in total. The van der Waals surface area contributed by atoms with Gasteiger partial charge in [0.05, 0.1) is 23.0 Å². The van der Waals surface area contributed by atoms with Crippen molar-refractivity contribution in [2.45, 2.75) is 34.7 Å². The number of likely N-dealkylation sites (tertiary alicyclic amines) is 1. The van der Waals surface area contributed by atoms with Crippen LogP contribution in [0.15, 0.2) is 45.5 Å². The molecule has 0 bridgehead atoms. The molecule has 2 aromatic rings. The second kappa shape index (κ2) is 7.01. The molecule has 2 aliphatic rings. The van der Waals surface area contributed by atoms with Crippen molar-refractivity contribution in [3.8, 4) is 0 Å². The van der Waals surface area contributed by atoms with Crippen LogP contribution in [0.1, 0.15) is 28.1 Å². The number of aryl methyl sites for hydroxylation is 1. The Morgan fingerprint density at radius 3 is 2.30 bits per heavy atom. The van der Waals surface area contributed by atoms with Crippen LogP contribution in [0.2, 0.25) is 0 Å². The van der Waals surface area contributed by atoms with E-state index in [4.69, 9.17) is 9.47 Å². The summed E-state index contributed by atoms with van der Waals surface area (Å²) in [5.41, 5.74) is 0.995. The topological polar surface area (TPSA) is 72.9 Å². The number of amides is 1. The number of sulfone groups is 1. The number of nitrogens with zero attached hydrogens (tertiary/aromatic N) is 1. The molecule has 1 aromatic heterocycles. The maximum Gasteiger partial charge on any atom is 0.263 e. The van der Waals surface area contributed by atoms with Crippen molar-refractivity contribution in [3.63, 3.8) is 0 Å². The molecule has 0 N–H and O–H groups in total. The van der Waals surface area contributed by atoms with Crippen molar-refractivity contribution in [1.82, 2.24) is 4.90 Å². The van der Waals surface area contributed by atoms with Crippen LogP contribution in [-0.4, -0.2) is 51.3 Å². The first kappa shape index (κ1) is 18.6. The Kier molecular flexibility index (Phi) is 4.84. The van der Waals surface area contributed by atoms with Crippen LogP contribution >= 0.6 is 11.3 Å². The largest absolute Gasteiger partial charge is 0.347 e. The molecule has 0 radical (unpaired) electrons. The van der Waals surface area contributed by atoms with Crippen LogP contribution < -0.4 is 0 Å². The summed E-state index contributed by atoms with van der Waals surface area (Å²) in [6.07, 6.45) is 1.28. The minimum atomic E-state index is -3.61. The van der Waals surface area contributed by atoms with Crippen molar-refractivity contribution in [2.24, 2.45) is 0 Å². The van der Waals surface area contributed by atoms with Gasteiger partial charge in [0, 0.05) is 25.9 Å². The van der Waals surface area contributed by atoms with Crippen LogP contribution in [0.25, 0.3) is 0 Å². The van der Waals surface area contributed by atoms with Crippen LogP contribution in [0, 0.1) is 6.92 Å². The van der Waals surface area contributed by atoms with Gasteiger partial charge >= 0.3 is 0 Å². The van der Waals surface area contributed by atoms with Gasteiger partial charge in [-0.2, -0.15) is 0 Å². The third-order valence-corrected chi connectivity index (χ3v) is 8.35. The number of piperidine rings is 1. The highest BCUT2D eigenvalue weighted by atomic mass is 32.2. The molecule has 4 rings (SSSR count). The van der Waals surface area contributed by atoms with Crippen molar-refractivity contribution in [2.75, 3.05) is 26.3 Å². The van der Waals surface area contributed by atoms with E-state index in [1.165, 1.54) is 6.07 Å². The second-order valence-electron chi connectivity index (χ2n) is 6.83. The zero-order valence-electron chi connectivity index (χ0n) is 15.0. The monoisotopic (exact) mass is 407 g/mol. The Bertz CT molecular complexity index is 933. The van der Waals surface area contributed by atoms with Crippen molar-refractivity contribution in [3.05, 3.63) is 46.8 Å². The smallest absolute Gasteiger partial charge is 0.263 e. The lowest BCUT2D eigenvalue weighted by molar-refractivity contribution is -0.181. The Morgan fingerprint density at radius 1 is 1.04 bits per heavy atom. The summed E-state index contributed by atoms with van der Waals surface area (Å²) in [4.78, 5) is 15.2. The number of carbonyl (C=O) groups excluding carboxylic acids is 1. The molecule has 27 heavy (non-hydrogen) atoms. The van der Waals surface area contributed by atoms with Gasteiger partial charge in [-0.05, 0) is 31.2 Å². The van der Waals surface area contributed by atoms with Crippen molar-refractivity contribution < 1.29 is 22.7 Å². The van der Waals surface area contributed by atoms with Gasteiger partial charge in [-0.25, -0.2) is 8.42 Å². The van der Waals surface area contributed by atoms with Gasteiger partial charge in [-0.15, -0.1) is 11.3 Å². The highest BCUT2D eigenvalue weighted by Crippen LogP contribution is 2.33. The molecular formula is C19H21NO5S2. The third kappa shape index (κ3) is 3.54. The molecule has 2 saturated heterocycles. The molecule has 1 aromatic carbocycles. The summed E-state index contributed by atoms with van der Waals surface area (Å²) in [6, 6.07) is 9.84. The third-order valence-electron chi connectivity index (χ3n) is 5.01. The molecule has 1 amide bonds. The van der Waals surface area contributed by atoms with Crippen LogP contribution in [0.4, 0.5) is 0 Å². The first-order valence-electron chi connectivity index (χ1n) is 8.88. The predicted octanol–water partition coefficient (Wildman–Crippen LogP) is 2.87. The highest BCUT2D eigenvalue weighted by molar-refractivity contribution is 7.93. The Labute approximate surface area is 162 Å². The number of hydrogen-bond donors (Lipinski definition) is 0. The van der Waals surface area contributed by atoms with Crippen molar-refractivity contribution in [1.29, 1.82) is 0 Å².